The molecule has 0 aliphatic carbocycles. The van der Waals surface area contributed by atoms with Crippen LogP contribution < -0.4 is 33.4 Å². The molecular weight excluding hydrogens is 375 g/mol. The van der Waals surface area contributed by atoms with E-state index in [9.17, 15) is 4.79 Å². The van der Waals surface area contributed by atoms with Crippen molar-refractivity contribution in [3.05, 3.63) is 66.6 Å². The Labute approximate surface area is 142 Å². The summed E-state index contributed by atoms with van der Waals surface area (Å²) >= 11 is 0. The van der Waals surface area contributed by atoms with Crippen molar-refractivity contribution in [3.63, 3.8) is 0 Å². The predicted octanol–water partition coefficient (Wildman–Crippen LogP) is 0.0218. The number of hydrogen-bond donors (Lipinski definition) is 0. The van der Waals surface area contributed by atoms with E-state index in [1.54, 1.807) is 11.8 Å². The minimum absolute atomic E-state index is 0. The zero-order chi connectivity index (χ0) is 14.4. The monoisotopic (exact) mass is 394 g/mol. The number of carbonyl (C=O) groups excluding carboxylic acids is 1. The molecule has 0 atom stereocenters. The molecular formula is C17H19IN2O. The lowest BCUT2D eigenvalue weighted by Crippen LogP contribution is -3.00. The van der Waals surface area contributed by atoms with Gasteiger partial charge in [-0.25, -0.2) is 0 Å². The molecule has 0 saturated heterocycles. The summed E-state index contributed by atoms with van der Waals surface area (Å²) in [5.41, 5.74) is 1.94. The van der Waals surface area contributed by atoms with E-state index in [2.05, 4.69) is 11.5 Å². The van der Waals surface area contributed by atoms with Gasteiger partial charge in [-0.3, -0.25) is 9.69 Å². The van der Waals surface area contributed by atoms with Crippen LogP contribution in [-0.4, -0.2) is 5.91 Å². The second-order valence-corrected chi connectivity index (χ2v) is 4.45. The normalized spacial score (nSPS) is 10.2. The second kappa shape index (κ2) is 8.56. The van der Waals surface area contributed by atoms with Crippen molar-refractivity contribution in [2.24, 2.45) is 0 Å². The number of halogens is 1. The number of rotatable bonds is 4. The summed E-state index contributed by atoms with van der Waals surface area (Å²) in [7, 11) is 0. The third-order valence-corrected chi connectivity index (χ3v) is 3.08. The van der Waals surface area contributed by atoms with Gasteiger partial charge in [0.25, 0.3) is 0 Å². The first-order valence-electron chi connectivity index (χ1n) is 6.74. The summed E-state index contributed by atoms with van der Waals surface area (Å²) in [4.78, 5) is 13.4. The quantitative estimate of drug-likeness (QED) is 0.530. The zero-order valence-corrected chi connectivity index (χ0v) is 14.4. The molecule has 0 saturated carbocycles. The van der Waals surface area contributed by atoms with Gasteiger partial charge in [0, 0.05) is 37.0 Å². The van der Waals surface area contributed by atoms with Gasteiger partial charge in [0.15, 0.2) is 6.20 Å². The Morgan fingerprint density at radius 2 is 1.81 bits per heavy atom. The van der Waals surface area contributed by atoms with Gasteiger partial charge < -0.3 is 24.0 Å². The van der Waals surface area contributed by atoms with Crippen molar-refractivity contribution in [2.75, 3.05) is 4.90 Å². The maximum atomic E-state index is 11.8. The van der Waals surface area contributed by atoms with Crippen LogP contribution in [-0.2, 0) is 11.3 Å². The van der Waals surface area contributed by atoms with E-state index in [4.69, 9.17) is 0 Å². The van der Waals surface area contributed by atoms with E-state index in [1.807, 2.05) is 67.0 Å². The smallest absolute Gasteiger partial charge is 0.227 e. The molecule has 3 nitrogen and oxygen atoms in total. The van der Waals surface area contributed by atoms with E-state index < -0.39 is 0 Å². The van der Waals surface area contributed by atoms with E-state index in [1.165, 1.54) is 0 Å². The summed E-state index contributed by atoms with van der Waals surface area (Å²) in [6.45, 7) is 4.55. The van der Waals surface area contributed by atoms with Gasteiger partial charge >= 0.3 is 0 Å². The summed E-state index contributed by atoms with van der Waals surface area (Å²) in [5.74, 6) is -0.00794. The fourth-order valence-corrected chi connectivity index (χ4v) is 2.04. The molecule has 0 radical (unpaired) electrons. The average Bonchev–Trinajstić information content (AvgIpc) is 2.48. The molecule has 2 aromatic rings. The number of amides is 1. The highest BCUT2D eigenvalue weighted by molar-refractivity contribution is 5.94. The van der Waals surface area contributed by atoms with Crippen LogP contribution in [0.3, 0.4) is 0 Å². The summed E-state index contributed by atoms with van der Waals surface area (Å²) in [6, 6.07) is 15.7. The number of benzene rings is 1. The zero-order valence-electron chi connectivity index (χ0n) is 12.2. The molecule has 1 aromatic heterocycles. The highest BCUT2D eigenvalue weighted by atomic mass is 127. The molecule has 0 fully saturated rings. The SMILES string of the molecule is CC[n+]1ccccc1/C=C/N(C(C)=O)c1ccccc1.[I-]. The number of carbonyl (C=O) groups is 1. The fourth-order valence-electron chi connectivity index (χ4n) is 2.04. The first-order valence-corrected chi connectivity index (χ1v) is 6.74. The molecule has 0 spiro atoms. The van der Waals surface area contributed by atoms with Crippen LogP contribution in [0.1, 0.15) is 19.5 Å². The van der Waals surface area contributed by atoms with Crippen molar-refractivity contribution in [3.8, 4) is 0 Å². The maximum Gasteiger partial charge on any atom is 0.227 e. The van der Waals surface area contributed by atoms with Crippen LogP contribution in [0.5, 0.6) is 0 Å². The third kappa shape index (κ3) is 4.67. The van der Waals surface area contributed by atoms with Gasteiger partial charge in [0.05, 0.1) is 0 Å². The average molecular weight is 394 g/mol. The minimum Gasteiger partial charge on any atom is -1.00 e. The van der Waals surface area contributed by atoms with Crippen LogP contribution in [0.15, 0.2) is 60.9 Å². The molecule has 0 bridgehead atoms. The Kier molecular flexibility index (Phi) is 7.08. The third-order valence-electron chi connectivity index (χ3n) is 3.08. The standard InChI is InChI=1S/C17H19N2O.HI/c1-3-18-13-8-7-9-16(18)12-14-19(15(2)20)17-10-5-4-6-11-17;/h4-14H,3H2,1-2H3;1H/q+1;/p-1. The number of anilines is 1. The van der Waals surface area contributed by atoms with Crippen molar-refractivity contribution >= 4 is 17.7 Å². The van der Waals surface area contributed by atoms with E-state index >= 15 is 0 Å². The van der Waals surface area contributed by atoms with Gasteiger partial charge in [-0.2, -0.15) is 4.57 Å². The highest BCUT2D eigenvalue weighted by Crippen LogP contribution is 2.14. The lowest BCUT2D eigenvalue weighted by Gasteiger charge is -2.15. The largest absolute Gasteiger partial charge is 1.00 e. The maximum absolute atomic E-state index is 11.8. The van der Waals surface area contributed by atoms with E-state index in [0.717, 1.165) is 17.9 Å². The molecule has 1 amide bonds. The van der Waals surface area contributed by atoms with Gasteiger partial charge in [0.2, 0.25) is 11.6 Å². The first-order chi connectivity index (χ1) is 9.72. The summed E-state index contributed by atoms with van der Waals surface area (Å²) in [5, 5.41) is 0. The first kappa shape index (κ1) is 17.4. The van der Waals surface area contributed by atoms with Crippen LogP contribution in [0, 0.1) is 0 Å². The molecule has 0 N–H and O–H groups in total. The Bertz CT molecular complexity index is 611. The molecule has 0 unspecified atom stereocenters. The van der Waals surface area contributed by atoms with Crippen LogP contribution in [0.2, 0.25) is 0 Å². The van der Waals surface area contributed by atoms with Gasteiger partial charge in [0.1, 0.15) is 6.54 Å². The Morgan fingerprint density at radius 3 is 2.43 bits per heavy atom. The van der Waals surface area contributed by atoms with E-state index in [-0.39, 0.29) is 29.9 Å². The molecule has 110 valence electrons. The van der Waals surface area contributed by atoms with Crippen LogP contribution in [0.4, 0.5) is 5.69 Å². The lowest BCUT2D eigenvalue weighted by molar-refractivity contribution is -0.695. The van der Waals surface area contributed by atoms with E-state index in [0.29, 0.717) is 0 Å². The van der Waals surface area contributed by atoms with Gasteiger partial charge in [-0.05, 0) is 25.1 Å². The van der Waals surface area contributed by atoms with Gasteiger partial charge in [-0.1, -0.05) is 18.2 Å². The molecule has 4 heteroatoms. The number of hydrogen-bond acceptors (Lipinski definition) is 1. The van der Waals surface area contributed by atoms with Crippen molar-refractivity contribution in [1.82, 2.24) is 0 Å². The van der Waals surface area contributed by atoms with Crippen molar-refractivity contribution < 1.29 is 33.3 Å². The Hall–Kier alpha value is -1.69. The molecule has 0 aliphatic heterocycles. The summed E-state index contributed by atoms with van der Waals surface area (Å²) in [6.07, 6.45) is 5.80. The number of aryl methyl sites for hydroxylation is 1. The molecule has 1 heterocycles. The highest BCUT2D eigenvalue weighted by Gasteiger charge is 2.09. The minimum atomic E-state index is -0.00794. The van der Waals surface area contributed by atoms with Crippen LogP contribution in [0.25, 0.3) is 6.08 Å². The topological polar surface area (TPSA) is 24.2 Å². The molecule has 1 aromatic carbocycles. The summed E-state index contributed by atoms with van der Waals surface area (Å²) < 4.78 is 2.12. The molecule has 2 rings (SSSR count). The number of para-hydroxylation sites is 1. The molecule has 21 heavy (non-hydrogen) atoms. The second-order valence-electron chi connectivity index (χ2n) is 4.45. The predicted molar refractivity (Wildman–Crippen MR) is 80.9 cm³/mol. The Morgan fingerprint density at radius 1 is 1.14 bits per heavy atom. The van der Waals surface area contributed by atoms with Gasteiger partial charge in [-0.15, -0.1) is 0 Å². The number of pyridine rings is 1. The Balaban J connectivity index is 0.00000220. The number of aromatic nitrogens is 1. The molecule has 0 aliphatic rings. The van der Waals surface area contributed by atoms with Crippen molar-refractivity contribution in [2.45, 2.75) is 20.4 Å². The number of nitrogens with zero attached hydrogens (tertiary/aromatic N) is 2. The van der Waals surface area contributed by atoms with Crippen LogP contribution >= 0.6 is 0 Å². The lowest BCUT2D eigenvalue weighted by atomic mass is 10.2. The fraction of sp³-hybridized carbons (Fsp3) is 0.176. The van der Waals surface area contributed by atoms with Crippen molar-refractivity contribution in [1.29, 1.82) is 0 Å².